The number of H-pyrrole nitrogens is 1. The van der Waals surface area contributed by atoms with E-state index in [-0.39, 0.29) is 29.8 Å². The predicted molar refractivity (Wildman–Crippen MR) is 204 cm³/mol. The van der Waals surface area contributed by atoms with Crippen molar-refractivity contribution in [2.75, 3.05) is 33.1 Å². The Labute approximate surface area is 315 Å². The third kappa shape index (κ3) is 7.79. The van der Waals surface area contributed by atoms with Crippen LogP contribution in [0.15, 0.2) is 136 Å². The molecule has 4 aromatic carbocycles. The minimum Gasteiger partial charge on any atom is -0.497 e. The van der Waals surface area contributed by atoms with Crippen LogP contribution in [-0.2, 0) is 35.8 Å². The van der Waals surface area contributed by atoms with E-state index < -0.39 is 47.4 Å². The molecule has 14 heteroatoms. The highest BCUT2D eigenvalue weighted by Gasteiger charge is 2.49. The van der Waals surface area contributed by atoms with Gasteiger partial charge in [-0.3, -0.25) is 9.36 Å². The molecular weight excluding hydrogens is 729 g/mol. The first-order valence-electron chi connectivity index (χ1n) is 17.7. The topological polar surface area (TPSA) is 138 Å². The molecular formula is C40H42N3O9PS. The Balaban J connectivity index is 1.26. The summed E-state index contributed by atoms with van der Waals surface area (Å²) in [4.78, 5) is 28.9. The maximum Gasteiger partial charge on any atom is 0.328 e. The molecule has 4 atom stereocenters. The largest absolute Gasteiger partial charge is 0.497 e. The SMILES string of the molecule is COc1ccc(C(OCC(Cn2c(=O)cc[nH]c2=O)O[P@@]2O[C@H](CS(=O)(=O)c3ccccc3)[C@@H]3CCCN32)(c2ccccc2)c2ccc(OC)cc2)cc1. The van der Waals surface area contributed by atoms with Crippen molar-refractivity contribution in [1.29, 1.82) is 0 Å². The van der Waals surface area contributed by atoms with Crippen LogP contribution in [0.1, 0.15) is 29.5 Å². The van der Waals surface area contributed by atoms with Gasteiger partial charge in [-0.25, -0.2) is 17.9 Å². The third-order valence-corrected chi connectivity index (χ3v) is 13.5. The summed E-state index contributed by atoms with van der Waals surface area (Å²) in [5, 5.41) is 0. The van der Waals surface area contributed by atoms with Crippen molar-refractivity contribution < 1.29 is 31.7 Å². The number of aromatic amines is 1. The van der Waals surface area contributed by atoms with Crippen molar-refractivity contribution in [3.8, 4) is 11.5 Å². The normalized spacial score (nSPS) is 19.3. The van der Waals surface area contributed by atoms with Gasteiger partial charge in [0.05, 0.1) is 44.1 Å². The van der Waals surface area contributed by atoms with E-state index in [1.165, 1.54) is 12.3 Å². The molecule has 2 aliphatic rings. The van der Waals surface area contributed by atoms with Crippen LogP contribution in [0.25, 0.3) is 0 Å². The van der Waals surface area contributed by atoms with Gasteiger partial charge < -0.3 is 28.2 Å². The minimum absolute atomic E-state index is 0.0958. The summed E-state index contributed by atoms with van der Waals surface area (Å²) in [5.41, 5.74) is 0.104. The first kappa shape index (κ1) is 37.7. The minimum atomic E-state index is -3.66. The summed E-state index contributed by atoms with van der Waals surface area (Å²) < 4.78 is 61.5. The van der Waals surface area contributed by atoms with Crippen LogP contribution in [0.5, 0.6) is 11.5 Å². The zero-order valence-electron chi connectivity index (χ0n) is 29.9. The van der Waals surface area contributed by atoms with Gasteiger partial charge in [-0.2, -0.15) is 0 Å². The van der Waals surface area contributed by atoms with Crippen LogP contribution in [0.4, 0.5) is 0 Å². The quantitative estimate of drug-likeness (QED) is 0.107. The number of hydrogen-bond donors (Lipinski definition) is 1. The number of aromatic nitrogens is 2. The molecule has 282 valence electrons. The van der Waals surface area contributed by atoms with Crippen LogP contribution in [0.2, 0.25) is 0 Å². The molecule has 1 unspecified atom stereocenters. The number of hydrogen-bond acceptors (Lipinski definition) is 10. The summed E-state index contributed by atoms with van der Waals surface area (Å²) >= 11 is 0. The Hall–Kier alpha value is -4.62. The molecule has 0 radical (unpaired) electrons. The molecule has 3 heterocycles. The summed E-state index contributed by atoms with van der Waals surface area (Å²) in [6.07, 6.45) is 1.39. The standard InChI is InChI=1S/C40H42N3O9PS/c1-48-32-19-15-30(16-20-32)40(29-10-5-3-6-11-29,31-17-21-33(49-2)22-18-31)50-27-34(26-42-38(44)23-24-41-39(42)45)51-53-43-25-9-14-36(43)37(52-53)28-54(46,47)35-12-7-4-8-13-35/h3-8,10-13,15-24,34,36-37H,9,14,25-28H2,1-2H3,(H,41,45)/t34?,36-,37+,53-/m0/s1. The van der Waals surface area contributed by atoms with E-state index in [1.54, 1.807) is 44.6 Å². The lowest BCUT2D eigenvalue weighted by Crippen LogP contribution is -2.42. The van der Waals surface area contributed by atoms with Gasteiger partial charge in [0, 0.05) is 24.8 Å². The van der Waals surface area contributed by atoms with Gasteiger partial charge in [0.25, 0.3) is 14.1 Å². The smallest absolute Gasteiger partial charge is 0.328 e. The maximum absolute atomic E-state index is 13.5. The lowest BCUT2D eigenvalue weighted by molar-refractivity contribution is -0.0365. The fourth-order valence-electron chi connectivity index (χ4n) is 7.14. The maximum atomic E-state index is 13.5. The highest BCUT2D eigenvalue weighted by Crippen LogP contribution is 2.57. The third-order valence-electron chi connectivity index (χ3n) is 9.85. The highest BCUT2D eigenvalue weighted by atomic mass is 32.2. The second-order valence-electron chi connectivity index (χ2n) is 13.1. The molecule has 0 amide bonds. The number of nitrogens with one attached hydrogen (secondary N) is 1. The predicted octanol–water partition coefficient (Wildman–Crippen LogP) is 5.51. The van der Waals surface area contributed by atoms with Gasteiger partial charge in [-0.05, 0) is 65.9 Å². The Kier molecular flexibility index (Phi) is 11.4. The molecule has 1 N–H and O–H groups in total. The molecule has 12 nitrogen and oxygen atoms in total. The van der Waals surface area contributed by atoms with Gasteiger partial charge >= 0.3 is 5.69 Å². The first-order chi connectivity index (χ1) is 26.2. The lowest BCUT2D eigenvalue weighted by Gasteiger charge is -2.37. The van der Waals surface area contributed by atoms with Crippen LogP contribution in [0.3, 0.4) is 0 Å². The Morgan fingerprint density at radius 2 is 1.43 bits per heavy atom. The Bertz CT molecular complexity index is 2160. The van der Waals surface area contributed by atoms with E-state index in [0.29, 0.717) is 18.0 Å². The summed E-state index contributed by atoms with van der Waals surface area (Å²) in [6.45, 7) is 0.406. The molecule has 2 aliphatic heterocycles. The molecule has 54 heavy (non-hydrogen) atoms. The summed E-state index contributed by atoms with van der Waals surface area (Å²) in [5.74, 6) is 1.14. The first-order valence-corrected chi connectivity index (χ1v) is 20.5. The fraction of sp³-hybridized carbons (Fsp3) is 0.300. The van der Waals surface area contributed by atoms with Gasteiger partial charge in [-0.15, -0.1) is 0 Å². The fourth-order valence-corrected chi connectivity index (χ4v) is 10.7. The van der Waals surface area contributed by atoms with E-state index in [1.807, 2.05) is 78.9 Å². The Morgan fingerprint density at radius 1 is 0.833 bits per heavy atom. The van der Waals surface area contributed by atoms with Crippen molar-refractivity contribution in [2.45, 2.75) is 48.1 Å². The highest BCUT2D eigenvalue weighted by molar-refractivity contribution is 7.91. The molecule has 2 saturated heterocycles. The van der Waals surface area contributed by atoms with Gasteiger partial charge in [0.1, 0.15) is 23.2 Å². The number of sulfone groups is 1. The average Bonchev–Trinajstić information content (AvgIpc) is 3.81. The second-order valence-corrected chi connectivity index (χ2v) is 16.6. The monoisotopic (exact) mass is 771 g/mol. The van der Waals surface area contributed by atoms with Crippen LogP contribution in [0, 0.1) is 0 Å². The van der Waals surface area contributed by atoms with E-state index in [9.17, 15) is 18.0 Å². The van der Waals surface area contributed by atoms with E-state index >= 15 is 0 Å². The number of fused-ring (bicyclic) bond motifs is 1. The second kappa shape index (κ2) is 16.4. The van der Waals surface area contributed by atoms with Crippen LogP contribution in [-0.4, -0.2) is 74.0 Å². The van der Waals surface area contributed by atoms with Crippen LogP contribution < -0.4 is 20.7 Å². The zero-order valence-corrected chi connectivity index (χ0v) is 31.7. The van der Waals surface area contributed by atoms with E-state index in [2.05, 4.69) is 9.65 Å². The molecule has 0 aliphatic carbocycles. The number of benzene rings is 4. The van der Waals surface area contributed by atoms with Gasteiger partial charge in [-0.1, -0.05) is 72.8 Å². The molecule has 2 fully saturated rings. The van der Waals surface area contributed by atoms with Crippen LogP contribution >= 0.6 is 8.53 Å². The number of methoxy groups -OCH3 is 2. The molecule has 0 saturated carbocycles. The lowest BCUT2D eigenvalue weighted by atomic mass is 9.80. The number of rotatable bonds is 15. The van der Waals surface area contributed by atoms with Crippen molar-refractivity contribution in [2.24, 2.45) is 0 Å². The molecule has 0 spiro atoms. The molecule has 1 aromatic heterocycles. The van der Waals surface area contributed by atoms with Crippen molar-refractivity contribution >= 4 is 18.4 Å². The van der Waals surface area contributed by atoms with E-state index in [4.69, 9.17) is 23.3 Å². The van der Waals surface area contributed by atoms with Gasteiger partial charge in [0.2, 0.25) is 0 Å². The van der Waals surface area contributed by atoms with E-state index in [0.717, 1.165) is 34.1 Å². The van der Waals surface area contributed by atoms with Crippen molar-refractivity contribution in [1.82, 2.24) is 14.2 Å². The molecule has 7 rings (SSSR count). The molecule has 5 aromatic rings. The summed E-state index contributed by atoms with van der Waals surface area (Å²) in [6, 6.07) is 34.4. The van der Waals surface area contributed by atoms with Crippen molar-refractivity contribution in [3.63, 3.8) is 0 Å². The van der Waals surface area contributed by atoms with Crippen molar-refractivity contribution in [3.05, 3.63) is 159 Å². The molecule has 0 bridgehead atoms. The zero-order chi connectivity index (χ0) is 37.7. The number of ether oxygens (including phenoxy) is 3. The van der Waals surface area contributed by atoms with Gasteiger partial charge in [0.15, 0.2) is 9.84 Å². The average molecular weight is 772 g/mol. The summed E-state index contributed by atoms with van der Waals surface area (Å²) in [7, 11) is -2.24. The Morgan fingerprint density at radius 3 is 2.02 bits per heavy atom. The number of nitrogens with zero attached hydrogens (tertiary/aromatic N) is 2.